The average molecular weight is 374 g/mol. The summed E-state index contributed by atoms with van der Waals surface area (Å²) >= 11 is 0. The predicted octanol–water partition coefficient (Wildman–Crippen LogP) is 2.49. The third-order valence-electron chi connectivity index (χ3n) is 4.93. The smallest absolute Gasteiger partial charge is 0.243 e. The minimum absolute atomic E-state index is 0.133. The lowest BCUT2D eigenvalue weighted by molar-refractivity contribution is 0.174. The SMILES string of the molecule is CCc1ccc(N2CCN(S(=O)(=O)c3ccc4c(c3)OCO4)CC2)cc1. The van der Waals surface area contributed by atoms with Crippen molar-refractivity contribution in [3.63, 3.8) is 0 Å². The third kappa shape index (κ3) is 3.12. The molecule has 2 heterocycles. The first kappa shape index (κ1) is 17.2. The van der Waals surface area contributed by atoms with Crippen LogP contribution >= 0.6 is 0 Å². The second-order valence-electron chi connectivity index (χ2n) is 6.43. The molecule has 0 N–H and O–H groups in total. The molecule has 138 valence electrons. The number of hydrogen-bond acceptors (Lipinski definition) is 5. The van der Waals surface area contributed by atoms with Crippen LogP contribution in [0.1, 0.15) is 12.5 Å². The molecule has 7 heteroatoms. The zero-order valence-electron chi connectivity index (χ0n) is 14.7. The van der Waals surface area contributed by atoms with Gasteiger partial charge in [0.1, 0.15) is 0 Å². The van der Waals surface area contributed by atoms with Gasteiger partial charge in [0.15, 0.2) is 11.5 Å². The fourth-order valence-corrected chi connectivity index (χ4v) is 4.75. The van der Waals surface area contributed by atoms with E-state index in [-0.39, 0.29) is 11.7 Å². The summed E-state index contributed by atoms with van der Waals surface area (Å²) in [5.41, 5.74) is 2.44. The first-order valence-corrected chi connectivity index (χ1v) is 10.3. The molecule has 0 amide bonds. The summed E-state index contributed by atoms with van der Waals surface area (Å²) in [5.74, 6) is 1.07. The van der Waals surface area contributed by atoms with Crippen molar-refractivity contribution in [1.29, 1.82) is 0 Å². The number of nitrogens with zero attached hydrogens (tertiary/aromatic N) is 2. The summed E-state index contributed by atoms with van der Waals surface area (Å²) in [4.78, 5) is 2.48. The van der Waals surface area contributed by atoms with Crippen molar-refractivity contribution < 1.29 is 17.9 Å². The molecule has 2 aliphatic rings. The summed E-state index contributed by atoms with van der Waals surface area (Å²) in [7, 11) is -3.53. The van der Waals surface area contributed by atoms with E-state index in [2.05, 4.69) is 36.1 Å². The molecule has 2 aromatic rings. The maximum Gasteiger partial charge on any atom is 0.243 e. The number of rotatable bonds is 4. The molecular formula is C19H22N2O4S. The van der Waals surface area contributed by atoms with E-state index in [1.165, 1.54) is 5.56 Å². The highest BCUT2D eigenvalue weighted by Gasteiger charge is 2.30. The Balaban J connectivity index is 1.46. The van der Waals surface area contributed by atoms with E-state index in [1.54, 1.807) is 22.5 Å². The molecule has 0 unspecified atom stereocenters. The first-order valence-electron chi connectivity index (χ1n) is 8.81. The predicted molar refractivity (Wildman–Crippen MR) is 99.4 cm³/mol. The summed E-state index contributed by atoms with van der Waals surface area (Å²) in [6.45, 7) is 4.55. The fourth-order valence-electron chi connectivity index (χ4n) is 3.32. The van der Waals surface area contributed by atoms with Crippen LogP contribution in [0, 0.1) is 0 Å². The molecule has 1 fully saturated rings. The highest BCUT2D eigenvalue weighted by atomic mass is 32.2. The third-order valence-corrected chi connectivity index (χ3v) is 6.82. The van der Waals surface area contributed by atoms with Crippen molar-refractivity contribution in [2.75, 3.05) is 37.9 Å². The van der Waals surface area contributed by atoms with Gasteiger partial charge in [0, 0.05) is 37.9 Å². The summed E-state index contributed by atoms with van der Waals surface area (Å²) in [6, 6.07) is 13.3. The van der Waals surface area contributed by atoms with Gasteiger partial charge in [-0.2, -0.15) is 4.31 Å². The van der Waals surface area contributed by atoms with E-state index < -0.39 is 10.0 Å². The molecule has 0 bridgehead atoms. The van der Waals surface area contributed by atoms with Gasteiger partial charge in [-0.25, -0.2) is 8.42 Å². The quantitative estimate of drug-likeness (QED) is 0.823. The lowest BCUT2D eigenvalue weighted by Crippen LogP contribution is -2.48. The maximum absolute atomic E-state index is 12.9. The minimum atomic E-state index is -3.53. The molecule has 2 aliphatic heterocycles. The molecular weight excluding hydrogens is 352 g/mol. The fraction of sp³-hybridized carbons (Fsp3) is 0.368. The number of benzene rings is 2. The van der Waals surface area contributed by atoms with Crippen LogP contribution in [0.2, 0.25) is 0 Å². The van der Waals surface area contributed by atoms with Crippen LogP contribution in [-0.4, -0.2) is 45.7 Å². The maximum atomic E-state index is 12.9. The minimum Gasteiger partial charge on any atom is -0.454 e. The molecule has 0 aromatic heterocycles. The second-order valence-corrected chi connectivity index (χ2v) is 8.36. The molecule has 2 aromatic carbocycles. The number of aryl methyl sites for hydroxylation is 1. The highest BCUT2D eigenvalue weighted by Crippen LogP contribution is 2.34. The summed E-state index contributed by atoms with van der Waals surface area (Å²) in [6.07, 6.45) is 1.02. The summed E-state index contributed by atoms with van der Waals surface area (Å²) in [5, 5.41) is 0. The lowest BCUT2D eigenvalue weighted by atomic mass is 10.1. The van der Waals surface area contributed by atoms with Gasteiger partial charge in [0.25, 0.3) is 0 Å². The molecule has 0 atom stereocenters. The molecule has 26 heavy (non-hydrogen) atoms. The Kier molecular flexibility index (Phi) is 4.50. The van der Waals surface area contributed by atoms with E-state index >= 15 is 0 Å². The van der Waals surface area contributed by atoms with Gasteiger partial charge in [-0.3, -0.25) is 0 Å². The van der Waals surface area contributed by atoms with Crippen molar-refractivity contribution in [1.82, 2.24) is 4.31 Å². The second kappa shape index (κ2) is 6.81. The first-order chi connectivity index (χ1) is 12.6. The van der Waals surface area contributed by atoms with Crippen LogP contribution in [0.5, 0.6) is 11.5 Å². The van der Waals surface area contributed by atoms with Gasteiger partial charge in [-0.15, -0.1) is 0 Å². The van der Waals surface area contributed by atoms with Crippen LogP contribution in [0.3, 0.4) is 0 Å². The van der Waals surface area contributed by atoms with E-state index in [0.717, 1.165) is 12.1 Å². The van der Waals surface area contributed by atoms with Crippen molar-refractivity contribution in [2.24, 2.45) is 0 Å². The largest absolute Gasteiger partial charge is 0.454 e. The lowest BCUT2D eigenvalue weighted by Gasteiger charge is -2.35. The Morgan fingerprint density at radius 2 is 1.62 bits per heavy atom. The van der Waals surface area contributed by atoms with Crippen molar-refractivity contribution in [2.45, 2.75) is 18.2 Å². The van der Waals surface area contributed by atoms with Crippen molar-refractivity contribution in [3.05, 3.63) is 48.0 Å². The summed E-state index contributed by atoms with van der Waals surface area (Å²) < 4.78 is 37.9. The van der Waals surface area contributed by atoms with Gasteiger partial charge in [-0.05, 0) is 36.2 Å². The molecule has 0 radical (unpaired) electrons. The number of fused-ring (bicyclic) bond motifs is 1. The Morgan fingerprint density at radius 3 is 2.31 bits per heavy atom. The number of anilines is 1. The molecule has 0 spiro atoms. The Morgan fingerprint density at radius 1 is 0.923 bits per heavy atom. The van der Waals surface area contributed by atoms with Crippen LogP contribution in [0.4, 0.5) is 5.69 Å². The standard InChI is InChI=1S/C19H22N2O4S/c1-2-15-3-5-16(6-4-15)20-9-11-21(12-10-20)26(22,23)17-7-8-18-19(13-17)25-14-24-18/h3-8,13H,2,9-12,14H2,1H3. The van der Waals surface area contributed by atoms with E-state index in [0.29, 0.717) is 37.7 Å². The monoisotopic (exact) mass is 374 g/mol. The van der Waals surface area contributed by atoms with Crippen LogP contribution in [0.15, 0.2) is 47.4 Å². The normalized spacial score (nSPS) is 17.5. The number of sulfonamides is 1. The van der Waals surface area contributed by atoms with Gasteiger partial charge in [0.05, 0.1) is 4.90 Å². The zero-order valence-corrected chi connectivity index (χ0v) is 15.5. The zero-order chi connectivity index (χ0) is 18.1. The van der Waals surface area contributed by atoms with Crippen LogP contribution in [-0.2, 0) is 16.4 Å². The van der Waals surface area contributed by atoms with Gasteiger partial charge in [0.2, 0.25) is 16.8 Å². The van der Waals surface area contributed by atoms with Gasteiger partial charge >= 0.3 is 0 Å². The topological polar surface area (TPSA) is 59.1 Å². The van der Waals surface area contributed by atoms with E-state index in [1.807, 2.05) is 0 Å². The molecule has 0 saturated carbocycles. The van der Waals surface area contributed by atoms with Crippen LogP contribution < -0.4 is 14.4 Å². The number of ether oxygens (including phenoxy) is 2. The van der Waals surface area contributed by atoms with Crippen molar-refractivity contribution in [3.8, 4) is 11.5 Å². The molecule has 0 aliphatic carbocycles. The van der Waals surface area contributed by atoms with E-state index in [4.69, 9.17) is 9.47 Å². The van der Waals surface area contributed by atoms with Gasteiger partial charge < -0.3 is 14.4 Å². The average Bonchev–Trinajstić information content (AvgIpc) is 3.16. The highest BCUT2D eigenvalue weighted by molar-refractivity contribution is 7.89. The van der Waals surface area contributed by atoms with E-state index in [9.17, 15) is 8.42 Å². The Hall–Kier alpha value is -2.25. The number of hydrogen-bond donors (Lipinski definition) is 0. The molecule has 1 saturated heterocycles. The molecule has 4 rings (SSSR count). The van der Waals surface area contributed by atoms with Crippen LogP contribution in [0.25, 0.3) is 0 Å². The van der Waals surface area contributed by atoms with Crippen molar-refractivity contribution >= 4 is 15.7 Å². The van der Waals surface area contributed by atoms with Gasteiger partial charge in [-0.1, -0.05) is 19.1 Å². The molecule has 6 nitrogen and oxygen atoms in total. The number of piperazine rings is 1. The Bertz CT molecular complexity index is 888. The Labute approximate surface area is 154 Å².